The first kappa shape index (κ1) is 18.2. The van der Waals surface area contributed by atoms with E-state index in [1.807, 2.05) is 38.1 Å². The van der Waals surface area contributed by atoms with Gasteiger partial charge in [-0.25, -0.2) is 4.79 Å². The van der Waals surface area contributed by atoms with Crippen LogP contribution in [0, 0.1) is 0 Å². The summed E-state index contributed by atoms with van der Waals surface area (Å²) in [4.78, 5) is 25.4. The van der Waals surface area contributed by atoms with E-state index in [4.69, 9.17) is 9.47 Å². The number of ether oxygens (including phenoxy) is 2. The smallest absolute Gasteiger partial charge is 0.336 e. The van der Waals surface area contributed by atoms with Crippen LogP contribution in [0.1, 0.15) is 51.5 Å². The van der Waals surface area contributed by atoms with Crippen molar-refractivity contribution in [1.82, 2.24) is 5.32 Å². The number of nitrogens with one attached hydrogen (secondary N) is 1. The van der Waals surface area contributed by atoms with Gasteiger partial charge in [-0.1, -0.05) is 12.1 Å². The molecule has 2 aliphatic rings. The van der Waals surface area contributed by atoms with E-state index in [1.165, 1.54) is 0 Å². The Morgan fingerprint density at radius 3 is 2.54 bits per heavy atom. The lowest BCUT2D eigenvalue weighted by molar-refractivity contribution is -0.138. The molecule has 1 aromatic carbocycles. The van der Waals surface area contributed by atoms with E-state index in [0.717, 1.165) is 35.5 Å². The number of esters is 1. The molecule has 1 heterocycles. The van der Waals surface area contributed by atoms with Crippen molar-refractivity contribution in [2.75, 3.05) is 13.2 Å². The minimum atomic E-state index is -0.395. The Morgan fingerprint density at radius 1 is 1.15 bits per heavy atom. The molecule has 1 unspecified atom stereocenters. The Balaban J connectivity index is 2.09. The van der Waals surface area contributed by atoms with Crippen molar-refractivity contribution in [3.63, 3.8) is 0 Å². The number of dihydropyridines is 1. The van der Waals surface area contributed by atoms with E-state index in [0.29, 0.717) is 30.8 Å². The first-order valence-corrected chi connectivity index (χ1v) is 9.20. The van der Waals surface area contributed by atoms with Crippen LogP contribution in [-0.2, 0) is 14.3 Å². The third-order valence-corrected chi connectivity index (χ3v) is 4.80. The fraction of sp³-hybridized carbons (Fsp3) is 0.429. The molecule has 5 nitrogen and oxygen atoms in total. The highest BCUT2D eigenvalue weighted by Crippen LogP contribution is 2.42. The van der Waals surface area contributed by atoms with Gasteiger partial charge in [-0.2, -0.15) is 0 Å². The van der Waals surface area contributed by atoms with E-state index < -0.39 is 5.92 Å². The van der Waals surface area contributed by atoms with E-state index in [-0.39, 0.29) is 11.8 Å². The predicted molar refractivity (Wildman–Crippen MR) is 98.7 cm³/mol. The second-order valence-corrected chi connectivity index (χ2v) is 6.49. The number of carbonyl (C=O) groups excluding carboxylic acids is 2. The van der Waals surface area contributed by atoms with Crippen LogP contribution in [0.3, 0.4) is 0 Å². The highest BCUT2D eigenvalue weighted by Gasteiger charge is 2.38. The van der Waals surface area contributed by atoms with Crippen molar-refractivity contribution in [2.45, 2.75) is 46.0 Å². The van der Waals surface area contributed by atoms with Gasteiger partial charge in [0.25, 0.3) is 0 Å². The minimum Gasteiger partial charge on any atom is -0.494 e. The third kappa shape index (κ3) is 3.39. The third-order valence-electron chi connectivity index (χ3n) is 4.80. The van der Waals surface area contributed by atoms with Crippen molar-refractivity contribution in [2.24, 2.45) is 0 Å². The average Bonchev–Trinajstić information content (AvgIpc) is 2.62. The van der Waals surface area contributed by atoms with Gasteiger partial charge in [-0.05, 0) is 51.3 Å². The molecule has 1 aromatic rings. The van der Waals surface area contributed by atoms with Crippen LogP contribution in [-0.4, -0.2) is 25.0 Å². The predicted octanol–water partition coefficient (Wildman–Crippen LogP) is 3.62. The summed E-state index contributed by atoms with van der Waals surface area (Å²) in [7, 11) is 0. The average molecular weight is 355 g/mol. The number of carbonyl (C=O) groups is 2. The molecule has 0 aromatic heterocycles. The second kappa shape index (κ2) is 7.77. The Kier molecular flexibility index (Phi) is 5.45. The van der Waals surface area contributed by atoms with Gasteiger partial charge in [0.05, 0.1) is 18.8 Å². The summed E-state index contributed by atoms with van der Waals surface area (Å²) in [5.41, 5.74) is 3.82. The van der Waals surface area contributed by atoms with Crippen molar-refractivity contribution in [3.8, 4) is 5.75 Å². The Bertz CT molecular complexity index is 774. The summed E-state index contributed by atoms with van der Waals surface area (Å²) in [5.74, 6) is 0.106. The molecule has 0 fully saturated rings. The zero-order valence-corrected chi connectivity index (χ0v) is 15.6. The number of benzene rings is 1. The molecule has 0 spiro atoms. The van der Waals surface area contributed by atoms with Gasteiger partial charge >= 0.3 is 5.97 Å². The number of hydrogen-bond donors (Lipinski definition) is 1. The van der Waals surface area contributed by atoms with E-state index in [2.05, 4.69) is 5.32 Å². The monoisotopic (exact) mass is 355 g/mol. The quantitative estimate of drug-likeness (QED) is 0.818. The number of ketones is 1. The molecule has 0 bridgehead atoms. The molecule has 1 atom stereocenters. The minimum absolute atomic E-state index is 0.104. The lowest BCUT2D eigenvalue weighted by atomic mass is 9.75. The SMILES string of the molecule is CCOC(=O)C1=C(C)NC2=C(C(=O)CCC2)C1c1ccc(OCC)cc1. The second-order valence-electron chi connectivity index (χ2n) is 6.49. The summed E-state index contributed by atoms with van der Waals surface area (Å²) < 4.78 is 10.8. The van der Waals surface area contributed by atoms with Gasteiger partial charge in [0.15, 0.2) is 5.78 Å². The normalized spacial score (nSPS) is 19.8. The van der Waals surface area contributed by atoms with Crippen molar-refractivity contribution < 1.29 is 19.1 Å². The maximum absolute atomic E-state index is 12.7. The molecule has 5 heteroatoms. The fourth-order valence-electron chi connectivity index (χ4n) is 3.72. The van der Waals surface area contributed by atoms with Gasteiger partial charge in [0.2, 0.25) is 0 Å². The first-order valence-electron chi connectivity index (χ1n) is 9.20. The van der Waals surface area contributed by atoms with Crippen molar-refractivity contribution >= 4 is 11.8 Å². The van der Waals surface area contributed by atoms with Crippen LogP contribution in [0.2, 0.25) is 0 Å². The van der Waals surface area contributed by atoms with E-state index >= 15 is 0 Å². The lowest BCUT2D eigenvalue weighted by Gasteiger charge is -2.34. The zero-order valence-electron chi connectivity index (χ0n) is 15.6. The number of hydrogen-bond acceptors (Lipinski definition) is 5. The molecule has 1 aliphatic carbocycles. The van der Waals surface area contributed by atoms with Gasteiger partial charge in [0.1, 0.15) is 5.75 Å². The fourth-order valence-corrected chi connectivity index (χ4v) is 3.72. The summed E-state index contributed by atoms with van der Waals surface area (Å²) in [6, 6.07) is 7.62. The number of allylic oxidation sites excluding steroid dienone is 3. The maximum Gasteiger partial charge on any atom is 0.336 e. The molecule has 0 amide bonds. The summed E-state index contributed by atoms with van der Waals surface area (Å²) in [6.45, 7) is 6.48. The Hall–Kier alpha value is -2.56. The van der Waals surface area contributed by atoms with Crippen molar-refractivity contribution in [1.29, 1.82) is 0 Å². The highest BCUT2D eigenvalue weighted by molar-refractivity contribution is 6.03. The Labute approximate surface area is 154 Å². The zero-order chi connectivity index (χ0) is 18.7. The topological polar surface area (TPSA) is 64.6 Å². The van der Waals surface area contributed by atoms with Crippen LogP contribution in [0.15, 0.2) is 46.8 Å². The first-order chi connectivity index (χ1) is 12.6. The van der Waals surface area contributed by atoms with Gasteiger partial charge in [-0.3, -0.25) is 4.79 Å². The maximum atomic E-state index is 12.7. The molecular weight excluding hydrogens is 330 g/mol. The van der Waals surface area contributed by atoms with E-state index in [1.54, 1.807) is 6.92 Å². The molecule has 0 saturated heterocycles. The van der Waals surface area contributed by atoms with Gasteiger partial charge < -0.3 is 14.8 Å². The van der Waals surface area contributed by atoms with E-state index in [9.17, 15) is 9.59 Å². The Morgan fingerprint density at radius 2 is 1.88 bits per heavy atom. The number of Topliss-reactive ketones (excluding diaryl/α,β-unsaturated/α-hetero) is 1. The summed E-state index contributed by atoms with van der Waals surface area (Å²) in [5, 5.41) is 3.28. The molecule has 26 heavy (non-hydrogen) atoms. The van der Waals surface area contributed by atoms with Crippen LogP contribution >= 0.6 is 0 Å². The van der Waals surface area contributed by atoms with Crippen LogP contribution in [0.4, 0.5) is 0 Å². The standard InChI is InChI=1S/C21H25NO4/c1-4-25-15-11-9-14(10-12-15)19-18(21(24)26-5-2)13(3)22-16-7-6-8-17(23)20(16)19/h9-12,19,22H,4-8H2,1-3H3. The lowest BCUT2D eigenvalue weighted by Crippen LogP contribution is -2.34. The molecule has 138 valence electrons. The molecule has 0 saturated carbocycles. The van der Waals surface area contributed by atoms with Crippen LogP contribution in [0.5, 0.6) is 5.75 Å². The molecule has 0 radical (unpaired) electrons. The molecular formula is C21H25NO4. The number of rotatable bonds is 5. The van der Waals surface area contributed by atoms with Crippen LogP contribution < -0.4 is 10.1 Å². The highest BCUT2D eigenvalue weighted by atomic mass is 16.5. The van der Waals surface area contributed by atoms with Crippen molar-refractivity contribution in [3.05, 3.63) is 52.4 Å². The largest absolute Gasteiger partial charge is 0.494 e. The summed E-state index contributed by atoms with van der Waals surface area (Å²) in [6.07, 6.45) is 2.17. The molecule has 3 rings (SSSR count). The molecule has 1 N–H and O–H groups in total. The van der Waals surface area contributed by atoms with Crippen LogP contribution in [0.25, 0.3) is 0 Å². The van der Waals surface area contributed by atoms with Gasteiger partial charge in [0, 0.05) is 29.3 Å². The summed E-state index contributed by atoms with van der Waals surface area (Å²) >= 11 is 0. The van der Waals surface area contributed by atoms with Gasteiger partial charge in [-0.15, -0.1) is 0 Å². The molecule has 1 aliphatic heterocycles.